The molecule has 1 heterocycles. The average Bonchev–Trinajstić information content (AvgIpc) is 2.38. The smallest absolute Gasteiger partial charge is 0.268 e. The van der Waals surface area contributed by atoms with Crippen molar-refractivity contribution in [2.24, 2.45) is 11.8 Å². The van der Waals surface area contributed by atoms with E-state index in [-0.39, 0.29) is 18.0 Å². The van der Waals surface area contributed by atoms with Crippen LogP contribution >= 0.6 is 69.6 Å². The average molecular weight is 445 g/mol. The van der Waals surface area contributed by atoms with Gasteiger partial charge >= 0.3 is 0 Å². The molecule has 4 nitrogen and oxygen atoms in total. The van der Waals surface area contributed by atoms with Crippen molar-refractivity contribution in [2.75, 3.05) is 7.05 Å². The molecular weight excluding hydrogens is 429 g/mol. The Labute approximate surface area is 165 Å². The molecule has 10 heteroatoms. The van der Waals surface area contributed by atoms with Crippen molar-refractivity contribution in [1.82, 2.24) is 10.2 Å². The van der Waals surface area contributed by atoms with Gasteiger partial charge < -0.3 is 10.2 Å². The van der Waals surface area contributed by atoms with Crippen LogP contribution in [0.2, 0.25) is 0 Å². The number of nitrogens with one attached hydrogen (secondary N) is 1. The molecule has 0 aromatic heterocycles. The zero-order valence-electron chi connectivity index (χ0n) is 12.5. The van der Waals surface area contributed by atoms with Crippen molar-refractivity contribution in [1.29, 1.82) is 0 Å². The summed E-state index contributed by atoms with van der Waals surface area (Å²) in [5.41, 5.74) is 0.117. The Morgan fingerprint density at radius 2 is 1.65 bits per heavy atom. The summed E-state index contributed by atoms with van der Waals surface area (Å²) in [5, 5.41) is 2.60. The first-order valence-corrected chi connectivity index (χ1v) is 8.95. The fraction of sp³-hybridized carbons (Fsp3) is 0.692. The van der Waals surface area contributed by atoms with Gasteiger partial charge in [-0.05, 0) is 12.5 Å². The number of alkyl halides is 6. The van der Waals surface area contributed by atoms with Gasteiger partial charge in [0.2, 0.25) is 5.91 Å². The maximum atomic E-state index is 12.4. The van der Waals surface area contributed by atoms with Gasteiger partial charge in [0.15, 0.2) is 7.59 Å². The highest BCUT2D eigenvalue weighted by atomic mass is 35.6. The third kappa shape index (κ3) is 5.72. The van der Waals surface area contributed by atoms with Crippen LogP contribution in [0.4, 0.5) is 0 Å². The number of piperazine rings is 1. The van der Waals surface area contributed by atoms with E-state index in [1.807, 2.05) is 0 Å². The van der Waals surface area contributed by atoms with E-state index in [0.717, 1.165) is 0 Å². The molecule has 0 aromatic rings. The van der Waals surface area contributed by atoms with Gasteiger partial charge in [-0.3, -0.25) is 9.59 Å². The highest BCUT2D eigenvalue weighted by molar-refractivity contribution is 6.68. The van der Waals surface area contributed by atoms with Crippen LogP contribution in [-0.4, -0.2) is 37.4 Å². The minimum absolute atomic E-state index is 0.117. The summed E-state index contributed by atoms with van der Waals surface area (Å²) in [5.74, 6) is -1.77. The van der Waals surface area contributed by atoms with Gasteiger partial charge in [0, 0.05) is 18.9 Å². The lowest BCUT2D eigenvalue weighted by Gasteiger charge is -2.34. The third-order valence-corrected chi connectivity index (χ3v) is 5.75. The second-order valence-corrected chi connectivity index (χ2v) is 10.2. The van der Waals surface area contributed by atoms with Gasteiger partial charge in [-0.1, -0.05) is 83.5 Å². The number of allylic oxidation sites excluding steroid dienone is 1. The Balaban J connectivity index is 2.94. The zero-order valence-corrected chi connectivity index (χ0v) is 17.1. The van der Waals surface area contributed by atoms with E-state index in [1.165, 1.54) is 18.0 Å². The fourth-order valence-electron chi connectivity index (χ4n) is 1.96. The summed E-state index contributed by atoms with van der Waals surface area (Å²) in [6.07, 6.45) is 1.63. The lowest BCUT2D eigenvalue weighted by molar-refractivity contribution is -0.139. The van der Waals surface area contributed by atoms with Crippen LogP contribution in [0.15, 0.2) is 11.8 Å². The number of likely N-dealkylation sites (N-methyl/N-ethyl adjacent to an activating group) is 1. The maximum Gasteiger partial charge on any atom is 0.268 e. The lowest BCUT2D eigenvalue weighted by Crippen LogP contribution is -2.56. The number of rotatable bonds is 3. The van der Waals surface area contributed by atoms with Crippen LogP contribution < -0.4 is 5.32 Å². The summed E-state index contributed by atoms with van der Waals surface area (Å²) in [6, 6.07) is -0.779. The van der Waals surface area contributed by atoms with Crippen LogP contribution in [-0.2, 0) is 9.59 Å². The molecule has 0 spiro atoms. The van der Waals surface area contributed by atoms with Crippen LogP contribution in [0.3, 0.4) is 0 Å². The van der Waals surface area contributed by atoms with Crippen molar-refractivity contribution >= 4 is 81.4 Å². The van der Waals surface area contributed by atoms with Gasteiger partial charge in [-0.25, -0.2) is 0 Å². The predicted molar refractivity (Wildman–Crippen MR) is 96.3 cm³/mol. The third-order valence-electron chi connectivity index (χ3n) is 3.60. The van der Waals surface area contributed by atoms with Crippen molar-refractivity contribution in [3.8, 4) is 0 Å². The van der Waals surface area contributed by atoms with Gasteiger partial charge in [0.1, 0.15) is 11.7 Å². The molecule has 0 saturated carbocycles. The molecule has 23 heavy (non-hydrogen) atoms. The molecular formula is C13H16Cl6N2O2. The second kappa shape index (κ2) is 7.76. The molecule has 132 valence electrons. The van der Waals surface area contributed by atoms with E-state index in [1.54, 1.807) is 13.8 Å². The van der Waals surface area contributed by atoms with Crippen LogP contribution in [0.25, 0.3) is 0 Å². The monoisotopic (exact) mass is 442 g/mol. The zero-order chi connectivity index (χ0) is 18.2. The molecule has 2 amide bonds. The summed E-state index contributed by atoms with van der Waals surface area (Å²) >= 11 is 34.8. The molecule has 0 aromatic carbocycles. The highest BCUT2D eigenvalue weighted by Crippen LogP contribution is 2.38. The molecule has 0 bridgehead atoms. The van der Waals surface area contributed by atoms with E-state index in [2.05, 4.69) is 5.32 Å². The van der Waals surface area contributed by atoms with E-state index >= 15 is 0 Å². The standard InChI is InChI=1S/C13H16Cl6N2O2/c1-6(12(14,15)16)4-8-11(23)21(3)9(10(22)20-8)5-7(2)13(17,18)19/h5-8H,4H2,1-3H3,(H,20,22)/b9-5+/t6-,7-,8-/m0/s1. The Bertz CT molecular complexity index is 512. The Morgan fingerprint density at radius 1 is 1.13 bits per heavy atom. The summed E-state index contributed by atoms with van der Waals surface area (Å²) in [6.45, 7) is 3.31. The number of nitrogens with zero attached hydrogens (tertiary/aromatic N) is 1. The summed E-state index contributed by atoms with van der Waals surface area (Å²) < 4.78 is -3.11. The quantitative estimate of drug-likeness (QED) is 0.523. The molecule has 1 N–H and O–H groups in total. The SMILES string of the molecule is C[C@@H](/C=C1\C(=O)N[C@@H](C[C@H](C)C(Cl)(Cl)Cl)C(=O)N1C)C(Cl)(Cl)Cl. The number of carbonyl (C=O) groups is 2. The molecule has 0 unspecified atom stereocenters. The van der Waals surface area contributed by atoms with Crippen LogP contribution in [0.5, 0.6) is 0 Å². The molecule has 1 aliphatic heterocycles. The van der Waals surface area contributed by atoms with Gasteiger partial charge in [0.05, 0.1) is 0 Å². The first-order valence-electron chi connectivity index (χ1n) is 6.68. The Kier molecular flexibility index (Phi) is 7.24. The van der Waals surface area contributed by atoms with Crippen LogP contribution in [0, 0.1) is 11.8 Å². The Morgan fingerprint density at radius 3 is 2.09 bits per heavy atom. The molecule has 1 saturated heterocycles. The highest BCUT2D eigenvalue weighted by Gasteiger charge is 2.40. The minimum atomic E-state index is -1.59. The summed E-state index contributed by atoms with van der Waals surface area (Å²) in [4.78, 5) is 25.9. The topological polar surface area (TPSA) is 49.4 Å². The normalized spacial score (nSPS) is 24.7. The Hall–Kier alpha value is 0.420. The molecule has 1 fully saturated rings. The van der Waals surface area contributed by atoms with E-state index in [9.17, 15) is 9.59 Å². The van der Waals surface area contributed by atoms with Gasteiger partial charge in [-0.15, -0.1) is 0 Å². The predicted octanol–water partition coefficient (Wildman–Crippen LogP) is 4.23. The fourth-order valence-corrected chi connectivity index (χ4v) is 2.42. The van der Waals surface area contributed by atoms with Crippen LogP contribution in [0.1, 0.15) is 20.3 Å². The molecule has 1 rings (SSSR count). The minimum Gasteiger partial charge on any atom is -0.339 e. The first-order chi connectivity index (χ1) is 10.2. The van der Waals surface area contributed by atoms with Crippen molar-refractivity contribution in [2.45, 2.75) is 33.9 Å². The summed E-state index contributed by atoms with van der Waals surface area (Å²) in [7, 11) is 1.48. The largest absolute Gasteiger partial charge is 0.339 e. The lowest BCUT2D eigenvalue weighted by atomic mass is 9.99. The van der Waals surface area contributed by atoms with Gasteiger partial charge in [0.25, 0.3) is 5.91 Å². The second-order valence-electron chi connectivity index (χ2n) is 5.48. The van der Waals surface area contributed by atoms with Crippen molar-refractivity contribution < 1.29 is 9.59 Å². The number of carbonyl (C=O) groups excluding carboxylic acids is 2. The molecule has 0 radical (unpaired) electrons. The first kappa shape index (κ1) is 21.5. The van der Waals surface area contributed by atoms with Crippen molar-refractivity contribution in [3.05, 3.63) is 11.8 Å². The van der Waals surface area contributed by atoms with E-state index in [0.29, 0.717) is 0 Å². The van der Waals surface area contributed by atoms with Gasteiger partial charge in [-0.2, -0.15) is 0 Å². The maximum absolute atomic E-state index is 12.4. The number of amides is 2. The number of hydrogen-bond acceptors (Lipinski definition) is 2. The molecule has 0 aliphatic carbocycles. The molecule has 1 aliphatic rings. The number of hydrogen-bond donors (Lipinski definition) is 1. The number of halogens is 6. The molecule has 3 atom stereocenters. The van der Waals surface area contributed by atoms with E-state index < -0.39 is 31.4 Å². The van der Waals surface area contributed by atoms with Crippen molar-refractivity contribution in [3.63, 3.8) is 0 Å². The van der Waals surface area contributed by atoms with E-state index in [4.69, 9.17) is 69.6 Å².